The first-order valence-electron chi connectivity index (χ1n) is 5.57. The van der Waals surface area contributed by atoms with E-state index in [2.05, 4.69) is 63.5 Å². The summed E-state index contributed by atoms with van der Waals surface area (Å²) in [6.45, 7) is 4.39. The Labute approximate surface area is 93.0 Å². The minimum Gasteiger partial charge on any atom is -0.101 e. The second-order valence-corrected chi connectivity index (χ2v) is 4.13. The average Bonchev–Trinajstić information content (AvgIpc) is 2.30. The van der Waals surface area contributed by atoms with E-state index in [0.29, 0.717) is 5.92 Å². The Bertz CT molecular complexity index is 387. The van der Waals surface area contributed by atoms with Crippen molar-refractivity contribution in [1.29, 1.82) is 0 Å². The van der Waals surface area contributed by atoms with Crippen LogP contribution in [0.15, 0.2) is 48.0 Å². The van der Waals surface area contributed by atoms with Crippen molar-refractivity contribution in [2.24, 2.45) is 5.92 Å². The number of hydrogen-bond acceptors (Lipinski definition) is 0. The van der Waals surface area contributed by atoms with E-state index in [1.165, 1.54) is 16.6 Å². The van der Waals surface area contributed by atoms with Gasteiger partial charge in [-0.15, -0.1) is 5.47 Å². The Morgan fingerprint density at radius 2 is 1.93 bits per heavy atom. The van der Waals surface area contributed by atoms with E-state index < -0.39 is 0 Å². The standard InChI is InChI=1S/C14H16B/c1-11-8-9-13(14(10-11)15-2)12-6-4-3-5-7-12/h3-9,11H,10H2,1-2H3. The van der Waals surface area contributed by atoms with Crippen LogP contribution in [-0.2, 0) is 0 Å². The van der Waals surface area contributed by atoms with Crippen molar-refractivity contribution in [2.75, 3.05) is 0 Å². The quantitative estimate of drug-likeness (QED) is 0.630. The van der Waals surface area contributed by atoms with Gasteiger partial charge in [0, 0.05) is 0 Å². The fraction of sp³-hybridized carbons (Fsp3) is 0.286. The van der Waals surface area contributed by atoms with Crippen molar-refractivity contribution in [2.45, 2.75) is 20.2 Å². The zero-order chi connectivity index (χ0) is 10.7. The highest BCUT2D eigenvalue weighted by molar-refractivity contribution is 6.46. The first kappa shape index (κ1) is 10.3. The maximum Gasteiger partial charge on any atom is 0.143 e. The van der Waals surface area contributed by atoms with Crippen LogP contribution in [-0.4, -0.2) is 7.28 Å². The lowest BCUT2D eigenvalue weighted by molar-refractivity contribution is 0.729. The second kappa shape index (κ2) is 4.52. The van der Waals surface area contributed by atoms with Crippen LogP contribution in [0.2, 0.25) is 6.82 Å². The van der Waals surface area contributed by atoms with E-state index in [9.17, 15) is 0 Å². The molecule has 0 amide bonds. The van der Waals surface area contributed by atoms with Gasteiger partial charge in [-0.05, 0) is 23.5 Å². The minimum absolute atomic E-state index is 0.670. The van der Waals surface area contributed by atoms with Crippen molar-refractivity contribution < 1.29 is 0 Å². The summed E-state index contributed by atoms with van der Waals surface area (Å²) in [4.78, 5) is 0. The molecule has 1 atom stereocenters. The molecule has 1 aromatic rings. The molecular weight excluding hydrogens is 179 g/mol. The molecule has 1 heteroatoms. The van der Waals surface area contributed by atoms with Gasteiger partial charge in [0.25, 0.3) is 0 Å². The Morgan fingerprint density at radius 1 is 1.20 bits per heavy atom. The van der Waals surface area contributed by atoms with E-state index in [0.717, 1.165) is 6.42 Å². The SMILES string of the molecule is C[B]C1=C(c2ccccc2)C=CC(C)C1. The zero-order valence-electron chi connectivity index (χ0n) is 9.40. The largest absolute Gasteiger partial charge is 0.143 e. The summed E-state index contributed by atoms with van der Waals surface area (Å²) in [6, 6.07) is 10.6. The molecule has 0 fully saturated rings. The molecule has 0 saturated heterocycles. The summed E-state index contributed by atoms with van der Waals surface area (Å²) in [5.41, 5.74) is 4.18. The van der Waals surface area contributed by atoms with Gasteiger partial charge in [-0.25, -0.2) is 0 Å². The lowest BCUT2D eigenvalue weighted by Gasteiger charge is -2.19. The normalized spacial score (nSPS) is 20.5. The molecule has 0 bridgehead atoms. The summed E-state index contributed by atoms with van der Waals surface area (Å²) in [5.74, 6) is 0.670. The van der Waals surface area contributed by atoms with Crippen molar-refractivity contribution in [3.8, 4) is 0 Å². The summed E-state index contributed by atoms with van der Waals surface area (Å²) < 4.78 is 0. The topological polar surface area (TPSA) is 0 Å². The highest BCUT2D eigenvalue weighted by atomic mass is 14.1. The fourth-order valence-electron chi connectivity index (χ4n) is 2.07. The van der Waals surface area contributed by atoms with E-state index in [1.54, 1.807) is 0 Å². The van der Waals surface area contributed by atoms with Gasteiger partial charge in [0.05, 0.1) is 0 Å². The van der Waals surface area contributed by atoms with Crippen LogP contribution in [0.3, 0.4) is 0 Å². The van der Waals surface area contributed by atoms with Crippen LogP contribution < -0.4 is 0 Å². The molecule has 1 aliphatic carbocycles. The Balaban J connectivity index is 2.39. The maximum atomic E-state index is 2.30. The third-order valence-electron chi connectivity index (χ3n) is 2.91. The monoisotopic (exact) mass is 195 g/mol. The predicted molar refractivity (Wildman–Crippen MR) is 67.9 cm³/mol. The first-order chi connectivity index (χ1) is 7.31. The first-order valence-corrected chi connectivity index (χ1v) is 5.57. The third kappa shape index (κ3) is 2.23. The summed E-state index contributed by atoms with van der Waals surface area (Å²) in [7, 11) is 2.24. The molecule has 0 heterocycles. The van der Waals surface area contributed by atoms with Crippen LogP contribution in [0.5, 0.6) is 0 Å². The Hall–Kier alpha value is -1.24. The maximum absolute atomic E-state index is 2.30. The molecule has 0 aliphatic heterocycles. The van der Waals surface area contributed by atoms with Gasteiger partial charge < -0.3 is 0 Å². The van der Waals surface area contributed by atoms with Crippen LogP contribution in [0.4, 0.5) is 0 Å². The molecule has 75 valence electrons. The molecule has 1 aliphatic rings. The highest BCUT2D eigenvalue weighted by Gasteiger charge is 2.12. The smallest absolute Gasteiger partial charge is 0.101 e. The molecule has 0 nitrogen and oxygen atoms in total. The Kier molecular flexibility index (Phi) is 3.10. The van der Waals surface area contributed by atoms with Gasteiger partial charge in [-0.3, -0.25) is 0 Å². The molecule has 0 aromatic heterocycles. The lowest BCUT2D eigenvalue weighted by Crippen LogP contribution is -2.05. The zero-order valence-corrected chi connectivity index (χ0v) is 9.40. The molecule has 0 saturated carbocycles. The second-order valence-electron chi connectivity index (χ2n) is 4.13. The van der Waals surface area contributed by atoms with Crippen LogP contribution in [0.1, 0.15) is 18.9 Å². The van der Waals surface area contributed by atoms with Gasteiger partial charge >= 0.3 is 0 Å². The van der Waals surface area contributed by atoms with Crippen LogP contribution in [0, 0.1) is 5.92 Å². The molecule has 15 heavy (non-hydrogen) atoms. The van der Waals surface area contributed by atoms with Gasteiger partial charge in [-0.2, -0.15) is 0 Å². The number of hydrogen-bond donors (Lipinski definition) is 0. The molecule has 1 radical (unpaired) electrons. The number of benzene rings is 1. The van der Waals surface area contributed by atoms with Crippen LogP contribution in [0.25, 0.3) is 5.57 Å². The van der Waals surface area contributed by atoms with Crippen molar-refractivity contribution in [3.05, 3.63) is 53.5 Å². The van der Waals surface area contributed by atoms with Crippen LogP contribution >= 0.6 is 0 Å². The van der Waals surface area contributed by atoms with E-state index in [1.807, 2.05) is 0 Å². The minimum atomic E-state index is 0.670. The summed E-state index contributed by atoms with van der Waals surface area (Å²) in [5, 5.41) is 0. The van der Waals surface area contributed by atoms with Gasteiger partial charge in [0.1, 0.15) is 7.28 Å². The van der Waals surface area contributed by atoms with Gasteiger partial charge in [-0.1, -0.05) is 56.2 Å². The fourth-order valence-corrected chi connectivity index (χ4v) is 2.07. The van der Waals surface area contributed by atoms with E-state index in [4.69, 9.17) is 0 Å². The van der Waals surface area contributed by atoms with Gasteiger partial charge in [0.2, 0.25) is 0 Å². The van der Waals surface area contributed by atoms with Crippen molar-refractivity contribution in [3.63, 3.8) is 0 Å². The molecule has 0 N–H and O–H groups in total. The van der Waals surface area contributed by atoms with E-state index >= 15 is 0 Å². The summed E-state index contributed by atoms with van der Waals surface area (Å²) >= 11 is 0. The summed E-state index contributed by atoms with van der Waals surface area (Å²) in [6.07, 6.45) is 5.73. The number of rotatable bonds is 2. The molecule has 0 spiro atoms. The third-order valence-corrected chi connectivity index (χ3v) is 2.91. The highest BCUT2D eigenvalue weighted by Crippen LogP contribution is 2.29. The average molecular weight is 195 g/mol. The van der Waals surface area contributed by atoms with Gasteiger partial charge in [0.15, 0.2) is 0 Å². The molecule has 1 unspecified atom stereocenters. The lowest BCUT2D eigenvalue weighted by atomic mass is 9.64. The molecule has 1 aromatic carbocycles. The van der Waals surface area contributed by atoms with Crippen molar-refractivity contribution in [1.82, 2.24) is 0 Å². The molecular formula is C14H16B. The van der Waals surface area contributed by atoms with E-state index in [-0.39, 0.29) is 0 Å². The predicted octanol–water partition coefficient (Wildman–Crippen LogP) is 3.75. The Morgan fingerprint density at radius 3 is 2.60 bits per heavy atom. The molecule has 2 rings (SSSR count). The van der Waals surface area contributed by atoms with Crippen molar-refractivity contribution >= 4 is 12.9 Å². The number of allylic oxidation sites excluding steroid dienone is 4.